The fourth-order valence-electron chi connectivity index (χ4n) is 2.18. The average Bonchev–Trinajstić information content (AvgIpc) is 3.03. The maximum atomic E-state index is 11.2. The number of Topliss-reactive ketones (excluding diaryl/α,β-unsaturated/α-hetero) is 1. The Balaban J connectivity index is 1.76. The van der Waals surface area contributed by atoms with Crippen LogP contribution in [-0.4, -0.2) is 16.6 Å². The number of para-hydroxylation sites is 1. The Morgan fingerprint density at radius 3 is 2.41 bits per heavy atom. The molecule has 2 aromatic carbocycles. The summed E-state index contributed by atoms with van der Waals surface area (Å²) in [7, 11) is 0. The van der Waals surface area contributed by atoms with Crippen LogP contribution < -0.4 is 0 Å². The summed E-state index contributed by atoms with van der Waals surface area (Å²) >= 11 is 0. The van der Waals surface area contributed by atoms with Crippen molar-refractivity contribution in [1.29, 1.82) is 0 Å². The van der Waals surface area contributed by atoms with Crippen molar-refractivity contribution in [2.75, 3.05) is 0 Å². The fraction of sp³-hybridized carbons (Fsp3) is 0.0526. The van der Waals surface area contributed by atoms with Gasteiger partial charge in [0, 0.05) is 35.4 Å². The molecule has 3 aromatic rings. The van der Waals surface area contributed by atoms with Crippen LogP contribution in [0.15, 0.2) is 78.0 Å². The number of nitrogens with zero attached hydrogens (tertiary/aromatic N) is 2. The number of ketones is 1. The number of aromatic nitrogens is 1. The molecular formula is C19H16N2O. The van der Waals surface area contributed by atoms with Gasteiger partial charge in [-0.1, -0.05) is 18.2 Å². The summed E-state index contributed by atoms with van der Waals surface area (Å²) in [5, 5.41) is 0. The van der Waals surface area contributed by atoms with E-state index in [-0.39, 0.29) is 5.78 Å². The lowest BCUT2D eigenvalue weighted by molar-refractivity contribution is 0.101. The Hall–Kier alpha value is -2.94. The van der Waals surface area contributed by atoms with E-state index >= 15 is 0 Å². The van der Waals surface area contributed by atoms with Crippen LogP contribution in [0, 0.1) is 0 Å². The number of carbonyl (C=O) groups excluding carboxylic acids is 1. The van der Waals surface area contributed by atoms with Crippen LogP contribution in [0.1, 0.15) is 22.8 Å². The summed E-state index contributed by atoms with van der Waals surface area (Å²) in [5.41, 5.74) is 3.68. The van der Waals surface area contributed by atoms with Crippen LogP contribution in [-0.2, 0) is 0 Å². The van der Waals surface area contributed by atoms with E-state index in [0.29, 0.717) is 5.56 Å². The van der Waals surface area contributed by atoms with E-state index in [1.807, 2.05) is 55.0 Å². The van der Waals surface area contributed by atoms with Gasteiger partial charge < -0.3 is 4.57 Å². The maximum absolute atomic E-state index is 11.2. The van der Waals surface area contributed by atoms with Crippen molar-refractivity contribution >= 4 is 17.7 Å². The first-order valence-corrected chi connectivity index (χ1v) is 7.11. The Kier molecular flexibility index (Phi) is 3.97. The Labute approximate surface area is 129 Å². The molecule has 0 atom stereocenters. The number of carbonyl (C=O) groups is 1. The molecule has 0 radical (unpaired) electrons. The molecule has 1 aromatic heterocycles. The lowest BCUT2D eigenvalue weighted by atomic mass is 10.1. The molecule has 108 valence electrons. The van der Waals surface area contributed by atoms with Crippen molar-refractivity contribution in [2.45, 2.75) is 6.92 Å². The molecule has 0 saturated carbocycles. The monoisotopic (exact) mass is 288 g/mol. The lowest BCUT2D eigenvalue weighted by Gasteiger charge is -2.00. The molecule has 0 spiro atoms. The first kappa shape index (κ1) is 14.0. The van der Waals surface area contributed by atoms with Gasteiger partial charge in [-0.2, -0.15) is 0 Å². The number of benzene rings is 2. The smallest absolute Gasteiger partial charge is 0.159 e. The first-order valence-electron chi connectivity index (χ1n) is 7.11. The average molecular weight is 288 g/mol. The van der Waals surface area contributed by atoms with Crippen LogP contribution in [0.3, 0.4) is 0 Å². The SMILES string of the molecule is CC(=O)c1ccc(N=Cc2ccn(-c3ccccc3)c2)cc1. The van der Waals surface area contributed by atoms with Crippen molar-refractivity contribution < 1.29 is 4.79 Å². The second kappa shape index (κ2) is 6.22. The van der Waals surface area contributed by atoms with Gasteiger partial charge >= 0.3 is 0 Å². The molecule has 0 aliphatic rings. The van der Waals surface area contributed by atoms with Gasteiger partial charge in [0.2, 0.25) is 0 Å². The van der Waals surface area contributed by atoms with Crippen LogP contribution in [0.5, 0.6) is 0 Å². The van der Waals surface area contributed by atoms with Gasteiger partial charge in [0.1, 0.15) is 0 Å². The molecule has 0 N–H and O–H groups in total. The zero-order chi connectivity index (χ0) is 15.4. The van der Waals surface area contributed by atoms with Gasteiger partial charge in [-0.3, -0.25) is 9.79 Å². The molecule has 0 bridgehead atoms. The Morgan fingerprint density at radius 2 is 1.73 bits per heavy atom. The summed E-state index contributed by atoms with van der Waals surface area (Å²) in [6.07, 6.45) is 5.86. The normalized spacial score (nSPS) is 11.0. The van der Waals surface area contributed by atoms with Crippen molar-refractivity contribution in [1.82, 2.24) is 4.57 Å². The lowest BCUT2D eigenvalue weighted by Crippen LogP contribution is -1.89. The largest absolute Gasteiger partial charge is 0.323 e. The third-order valence-electron chi connectivity index (χ3n) is 3.41. The van der Waals surface area contributed by atoms with Crippen molar-refractivity contribution in [3.63, 3.8) is 0 Å². The van der Waals surface area contributed by atoms with Gasteiger partial charge in [0.15, 0.2) is 5.78 Å². The predicted octanol–water partition coefficient (Wildman–Crippen LogP) is 4.43. The van der Waals surface area contributed by atoms with E-state index < -0.39 is 0 Å². The minimum absolute atomic E-state index is 0.0652. The van der Waals surface area contributed by atoms with Gasteiger partial charge in [-0.15, -0.1) is 0 Å². The summed E-state index contributed by atoms with van der Waals surface area (Å²) in [4.78, 5) is 15.7. The molecule has 0 amide bonds. The molecule has 0 aliphatic heterocycles. The minimum atomic E-state index is 0.0652. The molecule has 0 fully saturated rings. The second-order valence-corrected chi connectivity index (χ2v) is 5.05. The molecule has 3 nitrogen and oxygen atoms in total. The van der Waals surface area contributed by atoms with E-state index in [0.717, 1.165) is 16.9 Å². The van der Waals surface area contributed by atoms with E-state index in [4.69, 9.17) is 0 Å². The third kappa shape index (κ3) is 3.20. The molecule has 3 rings (SSSR count). The number of hydrogen-bond donors (Lipinski definition) is 0. The van der Waals surface area contributed by atoms with Gasteiger partial charge in [0.25, 0.3) is 0 Å². The zero-order valence-corrected chi connectivity index (χ0v) is 12.3. The predicted molar refractivity (Wildman–Crippen MR) is 89.5 cm³/mol. The summed E-state index contributed by atoms with van der Waals surface area (Å²) < 4.78 is 2.06. The minimum Gasteiger partial charge on any atom is -0.323 e. The molecular weight excluding hydrogens is 272 g/mol. The fourth-order valence-corrected chi connectivity index (χ4v) is 2.18. The topological polar surface area (TPSA) is 34.4 Å². The van der Waals surface area contributed by atoms with E-state index in [9.17, 15) is 4.79 Å². The van der Waals surface area contributed by atoms with Crippen LogP contribution in [0.25, 0.3) is 5.69 Å². The van der Waals surface area contributed by atoms with E-state index in [1.165, 1.54) is 0 Å². The highest BCUT2D eigenvalue weighted by Gasteiger charge is 1.99. The zero-order valence-electron chi connectivity index (χ0n) is 12.3. The standard InChI is InChI=1S/C19H16N2O/c1-15(22)17-7-9-18(10-8-17)20-13-16-11-12-21(14-16)19-5-3-2-4-6-19/h2-14H,1H3. The first-order chi connectivity index (χ1) is 10.7. The van der Waals surface area contributed by atoms with E-state index in [2.05, 4.69) is 21.7 Å². The summed E-state index contributed by atoms with van der Waals surface area (Å²) in [6, 6.07) is 19.4. The highest BCUT2D eigenvalue weighted by atomic mass is 16.1. The molecule has 0 unspecified atom stereocenters. The van der Waals surface area contributed by atoms with Gasteiger partial charge in [-0.25, -0.2) is 0 Å². The quantitative estimate of drug-likeness (QED) is 0.516. The van der Waals surface area contributed by atoms with Crippen molar-refractivity contribution in [3.05, 3.63) is 84.2 Å². The molecule has 0 aliphatic carbocycles. The molecule has 22 heavy (non-hydrogen) atoms. The Bertz CT molecular complexity index is 799. The van der Waals surface area contributed by atoms with Crippen LogP contribution >= 0.6 is 0 Å². The van der Waals surface area contributed by atoms with E-state index in [1.54, 1.807) is 19.1 Å². The second-order valence-electron chi connectivity index (χ2n) is 5.05. The van der Waals surface area contributed by atoms with Crippen molar-refractivity contribution in [2.24, 2.45) is 4.99 Å². The Morgan fingerprint density at radius 1 is 1.00 bits per heavy atom. The number of rotatable bonds is 4. The van der Waals surface area contributed by atoms with Crippen molar-refractivity contribution in [3.8, 4) is 5.69 Å². The maximum Gasteiger partial charge on any atom is 0.159 e. The summed E-state index contributed by atoms with van der Waals surface area (Å²) in [5.74, 6) is 0.0652. The number of aliphatic imine (C=N–C) groups is 1. The van der Waals surface area contributed by atoms with Gasteiger partial charge in [0.05, 0.1) is 5.69 Å². The highest BCUT2D eigenvalue weighted by molar-refractivity contribution is 5.94. The third-order valence-corrected chi connectivity index (χ3v) is 3.41. The van der Waals surface area contributed by atoms with Crippen LogP contribution in [0.2, 0.25) is 0 Å². The molecule has 0 saturated heterocycles. The summed E-state index contributed by atoms with van der Waals surface area (Å²) in [6.45, 7) is 1.56. The van der Waals surface area contributed by atoms with Crippen LogP contribution in [0.4, 0.5) is 5.69 Å². The number of hydrogen-bond acceptors (Lipinski definition) is 2. The molecule has 1 heterocycles. The molecule has 3 heteroatoms. The highest BCUT2D eigenvalue weighted by Crippen LogP contribution is 2.14. The van der Waals surface area contributed by atoms with Gasteiger partial charge in [-0.05, 0) is 49.4 Å².